The number of benzene rings is 1. The molecule has 0 radical (unpaired) electrons. The molecule has 1 rings (SSSR count). The van der Waals surface area contributed by atoms with Crippen LogP contribution in [-0.2, 0) is 11.3 Å². The number of ether oxygens (including phenoxy) is 2. The number of guanidine groups is 1. The van der Waals surface area contributed by atoms with Crippen LogP contribution < -0.4 is 15.4 Å². The van der Waals surface area contributed by atoms with Crippen LogP contribution >= 0.6 is 0 Å². The third kappa shape index (κ3) is 9.95. The van der Waals surface area contributed by atoms with Gasteiger partial charge in [0.2, 0.25) is 0 Å². The number of aryl methyl sites for hydroxylation is 1. The Balaban J connectivity index is 2.56. The SMILES string of the molecule is CCNC(=NCc1ccc(C)cc1OCCOC)NCCCCN(CC)CC. The molecule has 0 aliphatic heterocycles. The predicted octanol–water partition coefficient (Wildman–Crippen LogP) is 3.20. The minimum absolute atomic E-state index is 0.543. The van der Waals surface area contributed by atoms with Crippen LogP contribution in [-0.4, -0.2) is 63.9 Å². The summed E-state index contributed by atoms with van der Waals surface area (Å²) in [5, 5.41) is 6.77. The molecule has 0 spiro atoms. The summed E-state index contributed by atoms with van der Waals surface area (Å²) in [7, 11) is 1.68. The number of methoxy groups -OCH3 is 1. The average molecular weight is 393 g/mol. The fourth-order valence-electron chi connectivity index (χ4n) is 2.87. The molecule has 0 unspecified atom stereocenters. The van der Waals surface area contributed by atoms with Crippen molar-refractivity contribution in [3.8, 4) is 5.75 Å². The van der Waals surface area contributed by atoms with E-state index in [4.69, 9.17) is 14.5 Å². The van der Waals surface area contributed by atoms with Crippen molar-refractivity contribution in [1.29, 1.82) is 0 Å². The van der Waals surface area contributed by atoms with Crippen molar-refractivity contribution in [3.63, 3.8) is 0 Å². The van der Waals surface area contributed by atoms with Gasteiger partial charge >= 0.3 is 0 Å². The summed E-state index contributed by atoms with van der Waals surface area (Å²) >= 11 is 0. The van der Waals surface area contributed by atoms with E-state index >= 15 is 0 Å². The highest BCUT2D eigenvalue weighted by molar-refractivity contribution is 5.79. The van der Waals surface area contributed by atoms with Gasteiger partial charge < -0.3 is 25.0 Å². The van der Waals surface area contributed by atoms with E-state index in [0.717, 1.165) is 56.4 Å². The first-order valence-corrected chi connectivity index (χ1v) is 10.6. The minimum atomic E-state index is 0.543. The van der Waals surface area contributed by atoms with Gasteiger partial charge in [0, 0.05) is 25.8 Å². The molecule has 0 atom stereocenters. The number of aliphatic imine (C=N–C) groups is 1. The van der Waals surface area contributed by atoms with Gasteiger partial charge in [0.15, 0.2) is 5.96 Å². The van der Waals surface area contributed by atoms with Crippen LogP contribution in [0.5, 0.6) is 5.75 Å². The van der Waals surface area contributed by atoms with Gasteiger partial charge in [-0.05, 0) is 58.0 Å². The lowest BCUT2D eigenvalue weighted by Gasteiger charge is -2.18. The second-order valence-corrected chi connectivity index (χ2v) is 6.81. The van der Waals surface area contributed by atoms with Crippen molar-refractivity contribution in [3.05, 3.63) is 29.3 Å². The normalized spacial score (nSPS) is 11.7. The third-order valence-electron chi connectivity index (χ3n) is 4.61. The molecule has 6 heteroatoms. The van der Waals surface area contributed by atoms with Gasteiger partial charge in [-0.15, -0.1) is 0 Å². The van der Waals surface area contributed by atoms with Gasteiger partial charge in [-0.3, -0.25) is 0 Å². The Hall–Kier alpha value is -1.79. The number of rotatable bonds is 14. The summed E-state index contributed by atoms with van der Waals surface area (Å²) < 4.78 is 10.9. The second kappa shape index (κ2) is 15.2. The molecule has 0 bridgehead atoms. The monoisotopic (exact) mass is 392 g/mol. The first-order valence-electron chi connectivity index (χ1n) is 10.6. The molecule has 0 saturated heterocycles. The summed E-state index contributed by atoms with van der Waals surface area (Å²) in [6, 6.07) is 6.25. The van der Waals surface area contributed by atoms with Gasteiger partial charge in [-0.25, -0.2) is 4.99 Å². The highest BCUT2D eigenvalue weighted by Gasteiger charge is 2.05. The molecular weight excluding hydrogens is 352 g/mol. The lowest BCUT2D eigenvalue weighted by atomic mass is 10.1. The Kier molecular flexibility index (Phi) is 13.1. The number of nitrogens with zero attached hydrogens (tertiary/aromatic N) is 2. The van der Waals surface area contributed by atoms with Crippen molar-refractivity contribution in [2.45, 2.75) is 47.1 Å². The molecule has 1 aromatic rings. The maximum Gasteiger partial charge on any atom is 0.191 e. The van der Waals surface area contributed by atoms with Crippen LogP contribution in [0.3, 0.4) is 0 Å². The molecule has 0 fully saturated rings. The number of hydrogen-bond donors (Lipinski definition) is 2. The summed E-state index contributed by atoms with van der Waals surface area (Å²) in [5.74, 6) is 1.74. The van der Waals surface area contributed by atoms with Crippen LogP contribution in [0, 0.1) is 6.92 Å². The largest absolute Gasteiger partial charge is 0.491 e. The molecule has 6 nitrogen and oxygen atoms in total. The molecule has 0 aliphatic rings. The number of hydrogen-bond acceptors (Lipinski definition) is 4. The molecular formula is C22H40N4O2. The summed E-state index contributed by atoms with van der Waals surface area (Å²) in [6.45, 7) is 15.5. The lowest BCUT2D eigenvalue weighted by molar-refractivity contribution is 0.145. The molecule has 0 amide bonds. The van der Waals surface area contributed by atoms with Crippen molar-refractivity contribution < 1.29 is 9.47 Å². The van der Waals surface area contributed by atoms with E-state index in [1.165, 1.54) is 12.0 Å². The van der Waals surface area contributed by atoms with E-state index in [9.17, 15) is 0 Å². The summed E-state index contributed by atoms with van der Waals surface area (Å²) in [5.41, 5.74) is 2.26. The van der Waals surface area contributed by atoms with Crippen molar-refractivity contribution in [2.24, 2.45) is 4.99 Å². The standard InChI is InChI=1S/C22H40N4O2/c1-6-23-22(24-13-9-10-14-26(7-2)8-3)25-18-20-12-11-19(4)17-21(20)28-16-15-27-5/h11-12,17H,6-10,13-16,18H2,1-5H3,(H2,23,24,25). The maximum atomic E-state index is 5.87. The first-order chi connectivity index (χ1) is 13.6. The Morgan fingerprint density at radius 2 is 1.86 bits per heavy atom. The Morgan fingerprint density at radius 1 is 1.07 bits per heavy atom. The number of unbranched alkanes of at least 4 members (excludes halogenated alkanes) is 1. The van der Waals surface area contributed by atoms with E-state index in [0.29, 0.717) is 19.8 Å². The highest BCUT2D eigenvalue weighted by Crippen LogP contribution is 2.21. The van der Waals surface area contributed by atoms with Gasteiger partial charge in [0.25, 0.3) is 0 Å². The van der Waals surface area contributed by atoms with Gasteiger partial charge in [-0.1, -0.05) is 26.0 Å². The second-order valence-electron chi connectivity index (χ2n) is 6.81. The fourth-order valence-corrected chi connectivity index (χ4v) is 2.87. The minimum Gasteiger partial charge on any atom is -0.491 e. The predicted molar refractivity (Wildman–Crippen MR) is 118 cm³/mol. The topological polar surface area (TPSA) is 58.1 Å². The van der Waals surface area contributed by atoms with E-state index in [1.54, 1.807) is 7.11 Å². The van der Waals surface area contributed by atoms with Crippen LogP contribution in [0.2, 0.25) is 0 Å². The zero-order chi connectivity index (χ0) is 20.6. The van der Waals surface area contributed by atoms with Gasteiger partial charge in [0.05, 0.1) is 13.2 Å². The van der Waals surface area contributed by atoms with E-state index in [-0.39, 0.29) is 0 Å². The Bertz CT molecular complexity index is 559. The number of nitrogens with one attached hydrogen (secondary N) is 2. The van der Waals surface area contributed by atoms with Crippen molar-refractivity contribution >= 4 is 5.96 Å². The average Bonchev–Trinajstić information content (AvgIpc) is 2.70. The van der Waals surface area contributed by atoms with Crippen LogP contribution in [0.15, 0.2) is 23.2 Å². The lowest BCUT2D eigenvalue weighted by Crippen LogP contribution is -2.38. The van der Waals surface area contributed by atoms with Gasteiger partial charge in [-0.2, -0.15) is 0 Å². The smallest absolute Gasteiger partial charge is 0.191 e. The van der Waals surface area contributed by atoms with E-state index in [2.05, 4.69) is 61.4 Å². The molecule has 2 N–H and O–H groups in total. The third-order valence-corrected chi connectivity index (χ3v) is 4.61. The van der Waals surface area contributed by atoms with E-state index in [1.807, 2.05) is 0 Å². The van der Waals surface area contributed by atoms with Crippen molar-refractivity contribution in [2.75, 3.05) is 53.0 Å². The summed E-state index contributed by atoms with van der Waals surface area (Å²) in [6.07, 6.45) is 2.33. The molecule has 1 aromatic carbocycles. The van der Waals surface area contributed by atoms with Crippen LogP contribution in [0.4, 0.5) is 0 Å². The maximum absolute atomic E-state index is 5.87. The molecule has 28 heavy (non-hydrogen) atoms. The highest BCUT2D eigenvalue weighted by atomic mass is 16.5. The molecule has 0 saturated carbocycles. The van der Waals surface area contributed by atoms with Crippen molar-refractivity contribution in [1.82, 2.24) is 15.5 Å². The molecule has 0 heterocycles. The van der Waals surface area contributed by atoms with Crippen LogP contribution in [0.1, 0.15) is 44.7 Å². The quantitative estimate of drug-likeness (QED) is 0.289. The Morgan fingerprint density at radius 3 is 2.54 bits per heavy atom. The molecule has 0 aromatic heterocycles. The molecule has 0 aliphatic carbocycles. The van der Waals surface area contributed by atoms with E-state index < -0.39 is 0 Å². The fraction of sp³-hybridized carbons (Fsp3) is 0.682. The van der Waals surface area contributed by atoms with Crippen LogP contribution in [0.25, 0.3) is 0 Å². The van der Waals surface area contributed by atoms with Gasteiger partial charge in [0.1, 0.15) is 12.4 Å². The zero-order valence-corrected chi connectivity index (χ0v) is 18.5. The Labute approximate surface area is 171 Å². The zero-order valence-electron chi connectivity index (χ0n) is 18.5. The first kappa shape index (κ1) is 24.2. The molecule has 160 valence electrons. The summed E-state index contributed by atoms with van der Waals surface area (Å²) in [4.78, 5) is 7.20.